The summed E-state index contributed by atoms with van der Waals surface area (Å²) in [6.45, 7) is 7.63. The van der Waals surface area contributed by atoms with E-state index in [1.807, 2.05) is 42.0 Å². The molecule has 0 aromatic heterocycles. The largest absolute Gasteiger partial charge is 0.338 e. The zero-order valence-corrected chi connectivity index (χ0v) is 16.5. The van der Waals surface area contributed by atoms with Crippen molar-refractivity contribution in [2.24, 2.45) is 10.1 Å². The lowest BCUT2D eigenvalue weighted by Crippen LogP contribution is -2.56. The molecule has 4 rings (SSSR count). The molecule has 1 aromatic carbocycles. The molecule has 27 heavy (non-hydrogen) atoms. The van der Waals surface area contributed by atoms with E-state index in [4.69, 9.17) is 16.6 Å². The number of benzene rings is 1. The lowest BCUT2D eigenvalue weighted by Gasteiger charge is -2.43. The summed E-state index contributed by atoms with van der Waals surface area (Å²) in [5.74, 6) is -1.86. The third kappa shape index (κ3) is 3.55. The van der Waals surface area contributed by atoms with Crippen LogP contribution in [0.5, 0.6) is 0 Å². The van der Waals surface area contributed by atoms with Crippen LogP contribution in [0.2, 0.25) is 5.02 Å². The van der Waals surface area contributed by atoms with Gasteiger partial charge in [-0.3, -0.25) is 4.90 Å². The fourth-order valence-electron chi connectivity index (χ4n) is 4.17. The fraction of sp³-hybridized carbons (Fsp3) is 0.579. The van der Waals surface area contributed by atoms with E-state index in [0.717, 1.165) is 22.9 Å². The average molecular weight is 396 g/mol. The fourth-order valence-corrected chi connectivity index (χ4v) is 4.35. The van der Waals surface area contributed by atoms with Crippen molar-refractivity contribution in [2.45, 2.75) is 45.2 Å². The Balaban J connectivity index is 1.68. The first-order valence-corrected chi connectivity index (χ1v) is 9.67. The van der Waals surface area contributed by atoms with E-state index in [-0.39, 0.29) is 25.0 Å². The van der Waals surface area contributed by atoms with Gasteiger partial charge in [-0.2, -0.15) is 5.10 Å². The number of nitrogens with zero attached hydrogens (tertiary/aromatic N) is 5. The molecule has 0 aliphatic carbocycles. The molecule has 3 aliphatic rings. The summed E-state index contributed by atoms with van der Waals surface area (Å²) in [6, 6.07) is 5.48. The van der Waals surface area contributed by atoms with Crippen LogP contribution in [-0.2, 0) is 0 Å². The van der Waals surface area contributed by atoms with Crippen LogP contribution in [0.1, 0.15) is 38.8 Å². The molecule has 0 N–H and O–H groups in total. The lowest BCUT2D eigenvalue weighted by molar-refractivity contribution is 0.0122. The second-order valence-corrected chi connectivity index (χ2v) is 8.25. The summed E-state index contributed by atoms with van der Waals surface area (Å²) in [5, 5.41) is 7.25. The third-order valence-electron chi connectivity index (χ3n) is 5.40. The van der Waals surface area contributed by atoms with Crippen molar-refractivity contribution in [3.05, 3.63) is 28.8 Å². The topological polar surface area (TPSA) is 34.4 Å². The average Bonchev–Trinajstić information content (AvgIpc) is 2.90. The number of rotatable bonds is 1. The Morgan fingerprint density at radius 1 is 1.30 bits per heavy atom. The predicted molar refractivity (Wildman–Crippen MR) is 104 cm³/mol. The van der Waals surface area contributed by atoms with E-state index in [9.17, 15) is 8.78 Å². The van der Waals surface area contributed by atoms with Gasteiger partial charge in [0.25, 0.3) is 5.92 Å². The van der Waals surface area contributed by atoms with Gasteiger partial charge in [-0.1, -0.05) is 11.6 Å². The number of piperazine rings is 1. The Hall–Kier alpha value is -1.73. The van der Waals surface area contributed by atoms with Gasteiger partial charge in [0, 0.05) is 48.4 Å². The second-order valence-electron chi connectivity index (χ2n) is 7.81. The van der Waals surface area contributed by atoms with Crippen molar-refractivity contribution >= 4 is 29.0 Å². The first-order chi connectivity index (χ1) is 12.7. The zero-order valence-electron chi connectivity index (χ0n) is 15.8. The molecule has 1 aromatic rings. The molecule has 0 saturated carbocycles. The number of hydrazone groups is 1. The van der Waals surface area contributed by atoms with Gasteiger partial charge in [0.15, 0.2) is 0 Å². The molecule has 3 aliphatic heterocycles. The van der Waals surface area contributed by atoms with Gasteiger partial charge < -0.3 is 4.90 Å². The Morgan fingerprint density at radius 2 is 2.07 bits per heavy atom. The highest BCUT2D eigenvalue weighted by atomic mass is 35.5. The van der Waals surface area contributed by atoms with Crippen LogP contribution >= 0.6 is 11.6 Å². The van der Waals surface area contributed by atoms with Crippen LogP contribution in [0.3, 0.4) is 0 Å². The summed E-state index contributed by atoms with van der Waals surface area (Å²) in [7, 11) is 0. The highest BCUT2D eigenvalue weighted by Crippen LogP contribution is 2.39. The van der Waals surface area contributed by atoms with E-state index in [1.165, 1.54) is 0 Å². The van der Waals surface area contributed by atoms with Crippen LogP contribution in [0.4, 0.5) is 14.5 Å². The van der Waals surface area contributed by atoms with Crippen LogP contribution in [-0.4, -0.2) is 64.6 Å². The van der Waals surface area contributed by atoms with Crippen molar-refractivity contribution in [2.75, 3.05) is 26.2 Å². The Kier molecular flexibility index (Phi) is 4.63. The van der Waals surface area contributed by atoms with E-state index in [1.54, 1.807) is 0 Å². The van der Waals surface area contributed by atoms with Gasteiger partial charge in [-0.15, -0.1) is 0 Å². The Morgan fingerprint density at radius 3 is 2.81 bits per heavy atom. The molecule has 146 valence electrons. The minimum atomic E-state index is -2.59. The SMILES string of the molecule is CC(C)=NN1C(N2CCN3CC(F)(F)CC3C2)=Nc2ccc(Cl)cc2C1C. The number of halogens is 3. The van der Waals surface area contributed by atoms with Crippen LogP contribution < -0.4 is 0 Å². The molecule has 2 fully saturated rings. The van der Waals surface area contributed by atoms with E-state index >= 15 is 0 Å². The quantitative estimate of drug-likeness (QED) is 0.671. The molecule has 0 radical (unpaired) electrons. The molecule has 0 bridgehead atoms. The summed E-state index contributed by atoms with van der Waals surface area (Å²) < 4.78 is 27.7. The molecule has 2 unspecified atom stereocenters. The first-order valence-electron chi connectivity index (χ1n) is 9.29. The van der Waals surface area contributed by atoms with Crippen LogP contribution in [0.15, 0.2) is 28.3 Å². The van der Waals surface area contributed by atoms with E-state index in [2.05, 4.69) is 16.9 Å². The minimum Gasteiger partial charge on any atom is -0.338 e. The van der Waals surface area contributed by atoms with Crippen molar-refractivity contribution < 1.29 is 8.78 Å². The van der Waals surface area contributed by atoms with Crippen LogP contribution in [0.25, 0.3) is 0 Å². The molecular formula is C19H24ClF2N5. The third-order valence-corrected chi connectivity index (χ3v) is 5.63. The molecular weight excluding hydrogens is 372 g/mol. The maximum Gasteiger partial charge on any atom is 0.262 e. The number of alkyl halides is 2. The Bertz CT molecular complexity index is 805. The number of fused-ring (bicyclic) bond motifs is 2. The van der Waals surface area contributed by atoms with Crippen molar-refractivity contribution in [3.8, 4) is 0 Å². The zero-order chi connectivity index (χ0) is 19.3. The van der Waals surface area contributed by atoms with Crippen molar-refractivity contribution in [1.29, 1.82) is 0 Å². The van der Waals surface area contributed by atoms with Crippen molar-refractivity contribution in [1.82, 2.24) is 14.8 Å². The minimum absolute atomic E-state index is 0.0378. The summed E-state index contributed by atoms with van der Waals surface area (Å²) in [6.07, 6.45) is -0.0887. The van der Waals surface area contributed by atoms with Gasteiger partial charge >= 0.3 is 0 Å². The maximum atomic E-state index is 13.8. The summed E-state index contributed by atoms with van der Waals surface area (Å²) >= 11 is 6.18. The first kappa shape index (κ1) is 18.6. The van der Waals surface area contributed by atoms with E-state index in [0.29, 0.717) is 24.7 Å². The molecule has 0 spiro atoms. The van der Waals surface area contributed by atoms with Gasteiger partial charge in [0.2, 0.25) is 5.96 Å². The van der Waals surface area contributed by atoms with Gasteiger partial charge in [-0.05, 0) is 39.0 Å². The number of hydrogen-bond donors (Lipinski definition) is 0. The molecule has 8 heteroatoms. The van der Waals surface area contributed by atoms with Crippen molar-refractivity contribution in [3.63, 3.8) is 0 Å². The molecule has 3 heterocycles. The molecule has 0 amide bonds. The Labute approximate surface area is 163 Å². The van der Waals surface area contributed by atoms with Gasteiger partial charge in [0.05, 0.1) is 18.3 Å². The number of aliphatic imine (C=N–C) groups is 1. The number of hydrogen-bond acceptors (Lipinski definition) is 5. The highest BCUT2D eigenvalue weighted by molar-refractivity contribution is 6.30. The molecule has 2 atom stereocenters. The molecule has 2 saturated heterocycles. The van der Waals surface area contributed by atoms with Crippen LogP contribution in [0, 0.1) is 0 Å². The lowest BCUT2D eigenvalue weighted by atomic mass is 10.0. The summed E-state index contributed by atoms with van der Waals surface area (Å²) in [5.41, 5.74) is 2.79. The smallest absolute Gasteiger partial charge is 0.262 e. The molecule has 5 nitrogen and oxygen atoms in total. The van der Waals surface area contributed by atoms with E-state index < -0.39 is 5.92 Å². The van der Waals surface area contributed by atoms with Gasteiger partial charge in [0.1, 0.15) is 0 Å². The number of guanidine groups is 1. The normalized spacial score (nSPS) is 27.1. The maximum absolute atomic E-state index is 13.8. The monoisotopic (exact) mass is 395 g/mol. The van der Waals surface area contributed by atoms with Gasteiger partial charge in [-0.25, -0.2) is 18.8 Å². The summed E-state index contributed by atoms with van der Waals surface area (Å²) in [4.78, 5) is 8.84. The second kappa shape index (κ2) is 6.71. The standard InChI is InChI=1S/C19H24ClF2N5/c1-12(2)24-27-13(3)16-8-14(20)4-5-17(16)23-18(27)25-6-7-26-11-19(21,22)9-15(26)10-25/h4-5,8,13,15H,6-7,9-11H2,1-3H3. The predicted octanol–water partition coefficient (Wildman–Crippen LogP) is 4.13. The highest BCUT2D eigenvalue weighted by Gasteiger charge is 2.47.